The van der Waals surface area contributed by atoms with E-state index in [1.165, 1.54) is 0 Å². The van der Waals surface area contributed by atoms with Crippen LogP contribution in [0.3, 0.4) is 0 Å². The van der Waals surface area contributed by atoms with Crippen LogP contribution in [0.25, 0.3) is 0 Å². The van der Waals surface area contributed by atoms with Gasteiger partial charge in [0.05, 0.1) is 10.9 Å². The number of aromatic amines is 1. The van der Waals surface area contributed by atoms with Crippen LogP contribution in [0.15, 0.2) is 48.1 Å². The monoisotopic (exact) mass is 322 g/mol. The lowest BCUT2D eigenvalue weighted by Crippen LogP contribution is -2.05. The van der Waals surface area contributed by atoms with Gasteiger partial charge in [0.25, 0.3) is 5.69 Å². The molecular formula is C18H16N3OS+. The Hall–Kier alpha value is -2.71. The summed E-state index contributed by atoms with van der Waals surface area (Å²) in [6.45, 7) is 3.99. The normalized spacial score (nSPS) is 11.4. The van der Waals surface area contributed by atoms with Gasteiger partial charge in [-0.2, -0.15) is 4.98 Å². The van der Waals surface area contributed by atoms with Crippen molar-refractivity contribution < 1.29 is 9.72 Å². The number of aromatic nitrogens is 3. The molecule has 0 fully saturated rings. The molecule has 1 atom stereocenters. The van der Waals surface area contributed by atoms with Gasteiger partial charge in [0.15, 0.2) is 0 Å². The highest BCUT2D eigenvalue weighted by Crippen LogP contribution is 2.17. The maximum absolute atomic E-state index is 5.75. The van der Waals surface area contributed by atoms with E-state index < -0.39 is 0 Å². The second-order valence-electron chi connectivity index (χ2n) is 5.01. The minimum atomic E-state index is -0.100. The molecular weight excluding hydrogens is 306 g/mol. The predicted molar refractivity (Wildman–Crippen MR) is 89.1 cm³/mol. The first-order chi connectivity index (χ1) is 11.2. The lowest BCUT2D eigenvalue weighted by molar-refractivity contribution is -0.383. The Morgan fingerprint density at radius 1 is 1.13 bits per heavy atom. The molecule has 2 heterocycles. The van der Waals surface area contributed by atoms with Gasteiger partial charge in [-0.1, -0.05) is 47.6 Å². The van der Waals surface area contributed by atoms with E-state index in [0.29, 0.717) is 6.01 Å². The Bertz CT molecular complexity index is 832. The minimum Gasteiger partial charge on any atom is -0.456 e. The fraction of sp³-hybridized carbons (Fsp3) is 0.167. The topological polar surface area (TPSA) is 49.2 Å². The number of benzene rings is 1. The summed E-state index contributed by atoms with van der Waals surface area (Å²) in [4.78, 5) is 11.6. The molecule has 3 rings (SSSR count). The Kier molecular flexibility index (Phi) is 4.65. The highest BCUT2D eigenvalue weighted by Gasteiger charge is 2.08. The summed E-state index contributed by atoms with van der Waals surface area (Å²) < 4.78 is 5.75. The number of nitrogens with one attached hydrogen (secondary N) is 1. The van der Waals surface area contributed by atoms with Crippen molar-refractivity contribution in [2.75, 3.05) is 0 Å². The third kappa shape index (κ3) is 4.15. The summed E-state index contributed by atoms with van der Waals surface area (Å²) in [6, 6.07) is 10.3. The molecule has 1 aromatic carbocycles. The second kappa shape index (κ2) is 7.03. The van der Waals surface area contributed by atoms with Crippen LogP contribution in [0.2, 0.25) is 0 Å². The van der Waals surface area contributed by atoms with E-state index in [0.717, 1.165) is 21.8 Å². The number of rotatable bonds is 3. The smallest absolute Gasteiger partial charge is 0.316 e. The number of hydrogen-bond donors (Lipinski definition) is 0. The maximum Gasteiger partial charge on any atom is 0.316 e. The minimum absolute atomic E-state index is 0.100. The third-order valence-corrected chi connectivity index (χ3v) is 3.99. The van der Waals surface area contributed by atoms with E-state index in [4.69, 9.17) is 4.74 Å². The molecule has 23 heavy (non-hydrogen) atoms. The first-order valence-corrected chi connectivity index (χ1v) is 8.12. The lowest BCUT2D eigenvalue weighted by Gasteiger charge is -2.12. The number of aryl methyl sites for hydroxylation is 1. The van der Waals surface area contributed by atoms with E-state index >= 15 is 0 Å². The third-order valence-electron chi connectivity index (χ3n) is 3.19. The fourth-order valence-corrected chi connectivity index (χ4v) is 2.57. The lowest BCUT2D eigenvalue weighted by atomic mass is 10.1. The summed E-state index contributed by atoms with van der Waals surface area (Å²) in [7, 11) is 0. The first-order valence-electron chi connectivity index (χ1n) is 7.24. The van der Waals surface area contributed by atoms with Gasteiger partial charge in [0, 0.05) is 25.2 Å². The highest BCUT2D eigenvalue weighted by molar-refractivity contribution is 7.09. The number of hydrogen-bond acceptors (Lipinski definition) is 4. The summed E-state index contributed by atoms with van der Waals surface area (Å²) in [5.74, 6) is 6.08. The molecule has 0 aliphatic heterocycles. The van der Waals surface area contributed by atoms with Crippen LogP contribution in [0.5, 0.6) is 6.01 Å². The van der Waals surface area contributed by atoms with Crippen LogP contribution >= 0.6 is 11.3 Å². The summed E-state index contributed by atoms with van der Waals surface area (Å²) >= 11 is 1.64. The van der Waals surface area contributed by atoms with E-state index in [1.807, 2.05) is 49.6 Å². The summed E-state index contributed by atoms with van der Waals surface area (Å²) in [5.41, 5.74) is 2.73. The summed E-state index contributed by atoms with van der Waals surface area (Å²) in [5, 5.41) is 3.12. The van der Waals surface area contributed by atoms with E-state index in [9.17, 15) is 0 Å². The predicted octanol–water partition coefficient (Wildman–Crippen LogP) is 3.20. The average Bonchev–Trinajstić information content (AvgIpc) is 3.00. The van der Waals surface area contributed by atoms with Crippen LogP contribution in [0, 0.1) is 18.8 Å². The van der Waals surface area contributed by atoms with Crippen LogP contribution in [0.1, 0.15) is 34.9 Å². The molecule has 1 N–H and O–H groups in total. The molecule has 0 radical (unpaired) electrons. The fourth-order valence-electron chi connectivity index (χ4n) is 1.99. The zero-order valence-corrected chi connectivity index (χ0v) is 13.7. The Balaban J connectivity index is 1.67. The van der Waals surface area contributed by atoms with Crippen LogP contribution < -0.4 is 9.72 Å². The van der Waals surface area contributed by atoms with Crippen LogP contribution in [-0.4, -0.2) is 9.97 Å². The standard InChI is InChI=1S/C18H15N3OS/c1-13(16-6-4-3-5-7-16)22-18-19-10-15(11-20-18)8-9-17-12-23-14(2)21-17/h3-7,10-13H,1-2H3/p+1/t13-/m0/s1. The SMILES string of the molecule is Cc1[nH+]c(C#Cc2cnc(O[C@@H](C)c3ccccc3)nc2)cs1. The van der Waals surface area contributed by atoms with Crippen molar-refractivity contribution in [3.05, 3.63) is 69.9 Å². The Morgan fingerprint density at radius 3 is 2.52 bits per heavy atom. The molecule has 0 saturated carbocycles. The Morgan fingerprint density at radius 2 is 1.87 bits per heavy atom. The van der Waals surface area contributed by atoms with Gasteiger partial charge >= 0.3 is 6.01 Å². The number of thiazole rings is 1. The molecule has 4 nitrogen and oxygen atoms in total. The molecule has 3 aromatic rings. The van der Waals surface area contributed by atoms with E-state index in [2.05, 4.69) is 26.8 Å². The number of ether oxygens (including phenoxy) is 1. The van der Waals surface area contributed by atoms with Gasteiger partial charge in [-0.05, 0) is 12.5 Å². The van der Waals surface area contributed by atoms with Gasteiger partial charge in [-0.25, -0.2) is 9.97 Å². The molecule has 0 spiro atoms. The molecule has 0 aliphatic carbocycles. The van der Waals surface area contributed by atoms with Crippen LogP contribution in [0.4, 0.5) is 0 Å². The molecule has 0 bridgehead atoms. The van der Waals surface area contributed by atoms with Crippen molar-refractivity contribution in [1.29, 1.82) is 0 Å². The molecule has 0 aliphatic rings. The van der Waals surface area contributed by atoms with Crippen molar-refractivity contribution in [3.63, 3.8) is 0 Å². The number of H-pyrrole nitrogens is 1. The van der Waals surface area contributed by atoms with Crippen molar-refractivity contribution in [3.8, 4) is 17.9 Å². The van der Waals surface area contributed by atoms with Crippen molar-refractivity contribution in [2.45, 2.75) is 20.0 Å². The molecule has 0 unspecified atom stereocenters. The molecule has 0 saturated heterocycles. The van der Waals surface area contributed by atoms with Crippen LogP contribution in [-0.2, 0) is 0 Å². The molecule has 114 valence electrons. The van der Waals surface area contributed by atoms with Crippen molar-refractivity contribution in [2.24, 2.45) is 0 Å². The van der Waals surface area contributed by atoms with Gasteiger partial charge in [-0.15, -0.1) is 0 Å². The molecule has 0 amide bonds. The molecule has 5 heteroatoms. The number of nitrogens with zero attached hydrogens (tertiary/aromatic N) is 2. The van der Waals surface area contributed by atoms with Gasteiger partial charge in [0.1, 0.15) is 6.10 Å². The zero-order chi connectivity index (χ0) is 16.1. The van der Waals surface area contributed by atoms with Gasteiger partial charge in [-0.3, -0.25) is 0 Å². The van der Waals surface area contributed by atoms with Gasteiger partial charge in [0.2, 0.25) is 5.01 Å². The molecule has 2 aromatic heterocycles. The van der Waals surface area contributed by atoms with E-state index in [-0.39, 0.29) is 6.10 Å². The average molecular weight is 322 g/mol. The second-order valence-corrected chi connectivity index (χ2v) is 6.09. The highest BCUT2D eigenvalue weighted by atomic mass is 32.1. The quantitative estimate of drug-likeness (QED) is 0.696. The largest absolute Gasteiger partial charge is 0.456 e. The van der Waals surface area contributed by atoms with Crippen molar-refractivity contribution in [1.82, 2.24) is 9.97 Å². The van der Waals surface area contributed by atoms with E-state index in [1.54, 1.807) is 23.7 Å². The summed E-state index contributed by atoms with van der Waals surface area (Å²) in [6.07, 6.45) is 3.25. The Labute approximate surface area is 139 Å². The van der Waals surface area contributed by atoms with Crippen molar-refractivity contribution >= 4 is 11.3 Å². The zero-order valence-electron chi connectivity index (χ0n) is 12.9. The first kappa shape index (κ1) is 15.2. The maximum atomic E-state index is 5.75. The van der Waals surface area contributed by atoms with Gasteiger partial charge < -0.3 is 4.74 Å².